The Morgan fingerprint density at radius 1 is 0.361 bits per heavy atom. The van der Waals surface area contributed by atoms with Crippen molar-refractivity contribution in [3.63, 3.8) is 0 Å². The minimum absolute atomic E-state index is 1.19. The van der Waals surface area contributed by atoms with Gasteiger partial charge in [0.05, 0.1) is 27.6 Å². The van der Waals surface area contributed by atoms with Crippen LogP contribution in [0.25, 0.3) is 76.4 Å². The largest absolute Gasteiger partial charge is 0.309 e. The van der Waals surface area contributed by atoms with Gasteiger partial charge in [-0.15, -0.1) is 0 Å². The van der Waals surface area contributed by atoms with Crippen LogP contribution in [0.3, 0.4) is 0 Å². The van der Waals surface area contributed by atoms with E-state index in [4.69, 9.17) is 0 Å². The molecule has 0 aliphatic carbocycles. The van der Waals surface area contributed by atoms with E-state index >= 15 is 0 Å². The number of aromatic nitrogens is 2. The summed E-state index contributed by atoms with van der Waals surface area (Å²) >= 11 is 0. The average Bonchev–Trinajstić information content (AvgIpc) is 3.55. The molecule has 2 heteroatoms. The predicted octanol–water partition coefficient (Wildman–Crippen LogP) is 9.09. The van der Waals surface area contributed by atoms with E-state index in [0.29, 0.717) is 0 Å². The second-order valence-electron chi connectivity index (χ2n) is 9.83. The molecule has 0 saturated heterocycles. The first-order valence-corrected chi connectivity index (χ1v) is 12.5. The van der Waals surface area contributed by atoms with Crippen molar-refractivity contribution in [1.29, 1.82) is 0 Å². The molecule has 0 spiro atoms. The molecule has 9 aromatic rings. The maximum absolute atomic E-state index is 2.49. The highest BCUT2D eigenvalue weighted by Gasteiger charge is 2.20. The van der Waals surface area contributed by atoms with Gasteiger partial charge in [-0.25, -0.2) is 0 Å². The number of para-hydroxylation sites is 3. The van der Waals surface area contributed by atoms with Gasteiger partial charge in [-0.3, -0.25) is 0 Å². The summed E-state index contributed by atoms with van der Waals surface area (Å²) < 4.78 is 4.90. The molecule has 0 amide bonds. The van der Waals surface area contributed by atoms with Gasteiger partial charge < -0.3 is 8.97 Å². The molecule has 3 aromatic heterocycles. The number of hydrogen-bond acceptors (Lipinski definition) is 0. The summed E-state index contributed by atoms with van der Waals surface area (Å²) in [7, 11) is 0. The zero-order chi connectivity index (χ0) is 23.4. The SMILES string of the molecule is c1ccc(-n2c3ccccc3c3cc4c5cccc6c7cc8ccccc8cc7n(c4cc32)c65)cc1. The Balaban J connectivity index is 1.54. The lowest BCUT2D eigenvalue weighted by Gasteiger charge is -2.08. The molecule has 0 atom stereocenters. The van der Waals surface area contributed by atoms with Crippen molar-refractivity contribution < 1.29 is 0 Å². The van der Waals surface area contributed by atoms with Crippen molar-refractivity contribution in [2.45, 2.75) is 0 Å². The summed E-state index contributed by atoms with van der Waals surface area (Å²) in [4.78, 5) is 0. The molecule has 0 unspecified atom stereocenters. The maximum Gasteiger partial charge on any atom is 0.0620 e. The maximum atomic E-state index is 2.49. The van der Waals surface area contributed by atoms with Crippen LogP contribution in [-0.2, 0) is 0 Å². The van der Waals surface area contributed by atoms with Gasteiger partial charge in [0.2, 0.25) is 0 Å². The number of rotatable bonds is 1. The molecule has 3 heterocycles. The van der Waals surface area contributed by atoms with Gasteiger partial charge in [0.15, 0.2) is 0 Å². The first kappa shape index (κ1) is 18.5. The second-order valence-corrected chi connectivity index (χ2v) is 9.83. The molecular weight excluding hydrogens is 436 g/mol. The lowest BCUT2D eigenvalue weighted by atomic mass is 10.0. The second kappa shape index (κ2) is 6.44. The summed E-state index contributed by atoms with van der Waals surface area (Å²) in [5, 5.41) is 10.4. The molecule has 36 heavy (non-hydrogen) atoms. The average molecular weight is 457 g/mol. The van der Waals surface area contributed by atoms with Crippen molar-refractivity contribution in [3.05, 3.63) is 121 Å². The van der Waals surface area contributed by atoms with Crippen LogP contribution in [0.1, 0.15) is 0 Å². The molecule has 2 nitrogen and oxygen atoms in total. The lowest BCUT2D eigenvalue weighted by molar-refractivity contribution is 1.18. The zero-order valence-electron chi connectivity index (χ0n) is 19.4. The van der Waals surface area contributed by atoms with E-state index in [2.05, 4.69) is 130 Å². The Morgan fingerprint density at radius 3 is 1.81 bits per heavy atom. The van der Waals surface area contributed by atoms with Crippen LogP contribution in [0.4, 0.5) is 0 Å². The van der Waals surface area contributed by atoms with E-state index in [9.17, 15) is 0 Å². The van der Waals surface area contributed by atoms with E-state index < -0.39 is 0 Å². The Morgan fingerprint density at radius 2 is 0.972 bits per heavy atom. The fraction of sp³-hybridized carbons (Fsp3) is 0. The first-order valence-electron chi connectivity index (χ1n) is 12.5. The molecule has 0 N–H and O–H groups in total. The zero-order valence-corrected chi connectivity index (χ0v) is 19.4. The number of nitrogens with zero attached hydrogens (tertiary/aromatic N) is 2. The first-order chi connectivity index (χ1) is 17.9. The van der Waals surface area contributed by atoms with Gasteiger partial charge in [0.1, 0.15) is 0 Å². The normalized spacial score (nSPS) is 12.4. The van der Waals surface area contributed by atoms with Crippen molar-refractivity contribution in [3.8, 4) is 5.69 Å². The lowest BCUT2D eigenvalue weighted by Crippen LogP contribution is -1.93. The van der Waals surface area contributed by atoms with Gasteiger partial charge in [-0.2, -0.15) is 0 Å². The van der Waals surface area contributed by atoms with Crippen molar-refractivity contribution >= 4 is 70.7 Å². The van der Waals surface area contributed by atoms with Crippen LogP contribution in [0.2, 0.25) is 0 Å². The molecule has 0 saturated carbocycles. The highest BCUT2D eigenvalue weighted by atomic mass is 15.0. The minimum Gasteiger partial charge on any atom is -0.309 e. The molecule has 6 aromatic carbocycles. The van der Waals surface area contributed by atoms with Crippen LogP contribution in [0, 0.1) is 0 Å². The van der Waals surface area contributed by atoms with Crippen LogP contribution < -0.4 is 0 Å². The monoisotopic (exact) mass is 456 g/mol. The summed E-state index contributed by atoms with van der Waals surface area (Å²) in [5.74, 6) is 0. The molecule has 0 bridgehead atoms. The topological polar surface area (TPSA) is 9.34 Å². The molecule has 0 aliphatic heterocycles. The third-order valence-corrected chi connectivity index (χ3v) is 7.99. The fourth-order valence-electron chi connectivity index (χ4n) is 6.48. The smallest absolute Gasteiger partial charge is 0.0620 e. The Labute approximate surface area is 206 Å². The van der Waals surface area contributed by atoms with E-state index in [1.54, 1.807) is 0 Å². The van der Waals surface area contributed by atoms with Crippen LogP contribution in [-0.4, -0.2) is 8.97 Å². The summed E-state index contributed by atoms with van der Waals surface area (Å²) in [6, 6.07) is 44.5. The van der Waals surface area contributed by atoms with Crippen molar-refractivity contribution in [2.24, 2.45) is 0 Å². The summed E-state index contributed by atoms with van der Waals surface area (Å²) in [5.41, 5.74) is 7.53. The van der Waals surface area contributed by atoms with E-state index in [-0.39, 0.29) is 0 Å². The van der Waals surface area contributed by atoms with E-state index in [1.807, 2.05) is 0 Å². The van der Waals surface area contributed by atoms with Crippen molar-refractivity contribution in [2.75, 3.05) is 0 Å². The van der Waals surface area contributed by atoms with Crippen LogP contribution in [0.15, 0.2) is 121 Å². The van der Waals surface area contributed by atoms with Gasteiger partial charge in [0, 0.05) is 38.0 Å². The van der Waals surface area contributed by atoms with Crippen molar-refractivity contribution in [1.82, 2.24) is 8.97 Å². The quantitative estimate of drug-likeness (QED) is 0.233. The number of hydrogen-bond donors (Lipinski definition) is 0. The number of fused-ring (bicyclic) bond motifs is 10. The van der Waals surface area contributed by atoms with Gasteiger partial charge >= 0.3 is 0 Å². The standard InChI is InChI=1S/C34H20N2/c1-2-11-23(12-3-1)35-30-16-7-6-13-24(30)28-19-29-26-15-8-14-25-27-17-21-9-4-5-10-22(21)18-31(27)36(34(25)26)33(29)20-32(28)35/h1-20H. The summed E-state index contributed by atoms with van der Waals surface area (Å²) in [6.07, 6.45) is 0. The Bertz CT molecular complexity index is 2300. The van der Waals surface area contributed by atoms with E-state index in [0.717, 1.165) is 0 Å². The third-order valence-electron chi connectivity index (χ3n) is 7.99. The highest BCUT2D eigenvalue weighted by Crippen LogP contribution is 2.43. The molecular formula is C34H20N2. The molecule has 0 fully saturated rings. The fourth-order valence-corrected chi connectivity index (χ4v) is 6.48. The van der Waals surface area contributed by atoms with Crippen LogP contribution in [0.5, 0.6) is 0 Å². The van der Waals surface area contributed by atoms with Crippen LogP contribution >= 0.6 is 0 Å². The minimum atomic E-state index is 1.19. The predicted molar refractivity (Wildman–Crippen MR) is 153 cm³/mol. The van der Waals surface area contributed by atoms with Gasteiger partial charge in [-0.05, 0) is 53.2 Å². The molecule has 0 aliphatic rings. The van der Waals surface area contributed by atoms with Gasteiger partial charge in [0.25, 0.3) is 0 Å². The van der Waals surface area contributed by atoms with E-state index in [1.165, 1.54) is 76.4 Å². The molecule has 9 rings (SSSR count). The van der Waals surface area contributed by atoms with Gasteiger partial charge in [-0.1, -0.05) is 78.9 Å². The third kappa shape index (κ3) is 2.18. The molecule has 166 valence electrons. The number of benzene rings is 6. The Kier molecular flexibility index (Phi) is 3.31. The molecule has 0 radical (unpaired) electrons. The highest BCUT2D eigenvalue weighted by molar-refractivity contribution is 6.27. The summed E-state index contributed by atoms with van der Waals surface area (Å²) in [6.45, 7) is 0. The Hall–Kier alpha value is -4.82.